The van der Waals surface area contributed by atoms with Gasteiger partial charge in [0.15, 0.2) is 0 Å². The van der Waals surface area contributed by atoms with E-state index in [1.54, 1.807) is 12.1 Å². The van der Waals surface area contributed by atoms with Crippen molar-refractivity contribution in [3.8, 4) is 17.2 Å². The standard InChI is InChI=1S/C43H43N7O5/c1-25-4-5-28(39-26(2)46-55-27(39)3)20-37(25)49(31-8-6-29(7-9-31)43(24-44)16-17-43)33-22-48(23-33)30-14-18-47(19-15-30)32-10-11-34-35(21-32)42(54)50(41(34)53)36-12-13-38(51)45-40(36)52/h4-11,20-21,30,33,36H,12-19,22-23H2,1-3H3,(H,45,51,52). The number of aromatic nitrogens is 1. The van der Waals surface area contributed by atoms with Crippen LogP contribution in [0.3, 0.4) is 0 Å². The molecule has 3 saturated heterocycles. The van der Waals surface area contributed by atoms with Crippen LogP contribution in [0.15, 0.2) is 65.2 Å². The van der Waals surface area contributed by atoms with Gasteiger partial charge in [0, 0.05) is 61.3 Å². The van der Waals surface area contributed by atoms with Gasteiger partial charge in [0.25, 0.3) is 11.8 Å². The van der Waals surface area contributed by atoms with Crippen molar-refractivity contribution >= 4 is 40.7 Å². The molecular formula is C43H43N7O5. The monoisotopic (exact) mass is 737 g/mol. The van der Waals surface area contributed by atoms with Crippen molar-refractivity contribution < 1.29 is 23.7 Å². The lowest BCUT2D eigenvalue weighted by molar-refractivity contribution is -0.136. The van der Waals surface area contributed by atoms with Crippen LogP contribution in [0, 0.1) is 32.1 Å². The number of piperidine rings is 2. The van der Waals surface area contributed by atoms with Gasteiger partial charge in [-0.05, 0) is 106 Å². The Morgan fingerprint density at radius 2 is 1.62 bits per heavy atom. The highest BCUT2D eigenvalue weighted by molar-refractivity contribution is 6.23. The molecule has 4 fully saturated rings. The number of amides is 4. The van der Waals surface area contributed by atoms with Crippen molar-refractivity contribution in [2.75, 3.05) is 36.0 Å². The third-order valence-electron chi connectivity index (χ3n) is 12.5. The fourth-order valence-corrected chi connectivity index (χ4v) is 9.09. The van der Waals surface area contributed by atoms with E-state index in [1.165, 1.54) is 5.56 Å². The number of hydrogen-bond acceptors (Lipinski definition) is 10. The molecule has 3 aromatic carbocycles. The van der Waals surface area contributed by atoms with Gasteiger partial charge in [-0.3, -0.25) is 34.3 Å². The fraction of sp³-hybridized carbons (Fsp3) is 0.395. The Balaban J connectivity index is 0.902. The zero-order chi connectivity index (χ0) is 38.2. The van der Waals surface area contributed by atoms with Gasteiger partial charge in [0.2, 0.25) is 11.8 Å². The van der Waals surface area contributed by atoms with E-state index in [4.69, 9.17) is 4.52 Å². The first-order valence-electron chi connectivity index (χ1n) is 19.2. The van der Waals surface area contributed by atoms with E-state index in [0.717, 1.165) is 102 Å². The molecule has 0 spiro atoms. The maximum absolute atomic E-state index is 13.4. The molecule has 1 aliphatic carbocycles. The first-order chi connectivity index (χ1) is 26.5. The first-order valence-corrected chi connectivity index (χ1v) is 19.2. The molecule has 0 radical (unpaired) electrons. The number of benzene rings is 3. The maximum Gasteiger partial charge on any atom is 0.262 e. The molecule has 5 heterocycles. The fourth-order valence-electron chi connectivity index (χ4n) is 9.09. The van der Waals surface area contributed by atoms with Crippen LogP contribution in [-0.2, 0) is 15.0 Å². The maximum atomic E-state index is 13.4. The second-order valence-electron chi connectivity index (χ2n) is 15.8. The number of carbonyl (C=O) groups excluding carboxylic acids is 4. The molecule has 1 atom stereocenters. The zero-order valence-electron chi connectivity index (χ0n) is 31.3. The largest absolute Gasteiger partial charge is 0.371 e. The van der Waals surface area contributed by atoms with E-state index in [1.807, 2.05) is 19.9 Å². The number of hydrogen-bond donors (Lipinski definition) is 1. The summed E-state index contributed by atoms with van der Waals surface area (Å²) in [5, 5.41) is 16.3. The van der Waals surface area contributed by atoms with Gasteiger partial charge in [0.1, 0.15) is 11.8 Å². The summed E-state index contributed by atoms with van der Waals surface area (Å²) >= 11 is 0. The second-order valence-corrected chi connectivity index (χ2v) is 15.8. The summed E-state index contributed by atoms with van der Waals surface area (Å²) in [7, 11) is 0. The van der Waals surface area contributed by atoms with Crippen LogP contribution in [0.5, 0.6) is 0 Å². The van der Waals surface area contributed by atoms with E-state index in [0.29, 0.717) is 17.2 Å². The molecule has 12 heteroatoms. The van der Waals surface area contributed by atoms with Crippen LogP contribution >= 0.6 is 0 Å². The lowest BCUT2D eigenvalue weighted by atomic mass is 9.93. The Kier molecular flexibility index (Phi) is 8.38. The molecule has 4 amide bonds. The van der Waals surface area contributed by atoms with Gasteiger partial charge in [0.05, 0.1) is 34.3 Å². The van der Waals surface area contributed by atoms with Gasteiger partial charge >= 0.3 is 0 Å². The molecule has 5 aliphatic rings. The third-order valence-corrected chi connectivity index (χ3v) is 12.5. The molecule has 1 saturated carbocycles. The minimum absolute atomic E-state index is 0.0904. The van der Waals surface area contributed by atoms with Crippen LogP contribution in [-0.4, -0.2) is 82.9 Å². The Hall–Kier alpha value is -5.80. The molecule has 0 bridgehead atoms. The number of aryl methyl sites for hydroxylation is 3. The van der Waals surface area contributed by atoms with Gasteiger partial charge < -0.3 is 14.3 Å². The van der Waals surface area contributed by atoms with Crippen molar-refractivity contribution in [3.63, 3.8) is 0 Å². The Labute approximate surface area is 319 Å². The molecule has 55 heavy (non-hydrogen) atoms. The molecule has 1 N–H and O–H groups in total. The predicted molar refractivity (Wildman–Crippen MR) is 205 cm³/mol. The van der Waals surface area contributed by atoms with Crippen LogP contribution in [0.25, 0.3) is 11.1 Å². The predicted octanol–water partition coefficient (Wildman–Crippen LogP) is 5.71. The van der Waals surface area contributed by atoms with E-state index in [-0.39, 0.29) is 24.3 Å². The van der Waals surface area contributed by atoms with Gasteiger partial charge in [-0.25, -0.2) is 0 Å². The van der Waals surface area contributed by atoms with E-state index >= 15 is 0 Å². The lowest BCUT2D eigenvalue weighted by Crippen LogP contribution is -2.62. The molecule has 4 aliphatic heterocycles. The molecule has 4 aromatic rings. The molecule has 280 valence electrons. The summed E-state index contributed by atoms with van der Waals surface area (Å²) in [6.45, 7) is 9.53. The van der Waals surface area contributed by atoms with Crippen LogP contribution in [0.4, 0.5) is 17.1 Å². The Morgan fingerprint density at radius 3 is 2.27 bits per heavy atom. The number of likely N-dealkylation sites (tertiary alicyclic amines) is 1. The highest BCUT2D eigenvalue weighted by Crippen LogP contribution is 2.48. The summed E-state index contributed by atoms with van der Waals surface area (Å²) < 4.78 is 5.53. The van der Waals surface area contributed by atoms with Crippen molar-refractivity contribution in [2.45, 2.75) is 82.8 Å². The minimum Gasteiger partial charge on any atom is -0.371 e. The van der Waals surface area contributed by atoms with Crippen molar-refractivity contribution in [3.05, 3.63) is 94.4 Å². The highest BCUT2D eigenvalue weighted by Gasteiger charge is 2.46. The second kappa shape index (κ2) is 13.2. The quantitative estimate of drug-likeness (QED) is 0.223. The van der Waals surface area contributed by atoms with E-state index < -0.39 is 29.7 Å². The first kappa shape index (κ1) is 34.9. The third kappa shape index (κ3) is 5.89. The summed E-state index contributed by atoms with van der Waals surface area (Å²) in [6.07, 6.45) is 3.97. The number of nitrogens with zero attached hydrogens (tertiary/aromatic N) is 6. The number of rotatable bonds is 8. The smallest absolute Gasteiger partial charge is 0.262 e. The van der Waals surface area contributed by atoms with Gasteiger partial charge in [-0.1, -0.05) is 29.4 Å². The number of anilines is 3. The van der Waals surface area contributed by atoms with Crippen molar-refractivity contribution in [1.82, 2.24) is 20.3 Å². The topological polar surface area (TPSA) is 143 Å². The van der Waals surface area contributed by atoms with E-state index in [9.17, 15) is 24.4 Å². The average molecular weight is 738 g/mol. The average Bonchev–Trinajstić information content (AvgIpc) is 3.85. The molecule has 1 unspecified atom stereocenters. The number of nitriles is 1. The number of fused-ring (bicyclic) bond motifs is 1. The SMILES string of the molecule is Cc1ccc(-c2c(C)noc2C)cc1N(c1ccc(C2(C#N)CC2)cc1)C1CN(C2CCN(c3ccc4c(c3)C(=O)N(C3CCC(=O)NC3=O)C4=O)CC2)C1. The Morgan fingerprint density at radius 1 is 0.891 bits per heavy atom. The van der Waals surface area contributed by atoms with Crippen LogP contribution < -0.4 is 15.1 Å². The molecule has 12 nitrogen and oxygen atoms in total. The minimum atomic E-state index is -0.978. The van der Waals surface area contributed by atoms with Crippen LogP contribution in [0.2, 0.25) is 0 Å². The highest BCUT2D eigenvalue weighted by atomic mass is 16.5. The van der Waals surface area contributed by atoms with Gasteiger partial charge in [-0.2, -0.15) is 5.26 Å². The van der Waals surface area contributed by atoms with Crippen LogP contribution in [0.1, 0.15) is 81.8 Å². The molecule has 9 rings (SSSR count). The van der Waals surface area contributed by atoms with Gasteiger partial charge in [-0.15, -0.1) is 0 Å². The van der Waals surface area contributed by atoms with Crippen molar-refractivity contribution in [2.24, 2.45) is 0 Å². The summed E-state index contributed by atoms with van der Waals surface area (Å²) in [5.41, 5.74) is 8.63. The number of imide groups is 2. The molecule has 1 aromatic heterocycles. The summed E-state index contributed by atoms with van der Waals surface area (Å²) in [6, 6.07) is 22.8. The van der Waals surface area contributed by atoms with E-state index in [2.05, 4.69) is 80.6 Å². The zero-order valence-corrected chi connectivity index (χ0v) is 31.3. The normalized spacial score (nSPS) is 21.3. The summed E-state index contributed by atoms with van der Waals surface area (Å²) in [4.78, 5) is 59.2. The summed E-state index contributed by atoms with van der Waals surface area (Å²) in [5.74, 6) is -1.18. The molecular weight excluding hydrogens is 695 g/mol. The number of carbonyl (C=O) groups is 4. The lowest BCUT2D eigenvalue weighted by Gasteiger charge is -2.51. The number of nitrogens with one attached hydrogen (secondary N) is 1. The Bertz CT molecular complexity index is 2270. The van der Waals surface area contributed by atoms with Crippen molar-refractivity contribution in [1.29, 1.82) is 5.26 Å².